The molecule has 0 aromatic heterocycles. The van der Waals surface area contributed by atoms with Crippen molar-refractivity contribution in [2.45, 2.75) is 58.0 Å². The van der Waals surface area contributed by atoms with Gasteiger partial charge in [0.15, 0.2) is 0 Å². The Morgan fingerprint density at radius 3 is 2.65 bits per heavy atom. The van der Waals surface area contributed by atoms with Crippen molar-refractivity contribution in [1.29, 1.82) is 0 Å². The molecule has 1 aromatic carbocycles. The second kappa shape index (κ2) is 7.79. The first-order valence-electron chi connectivity index (χ1n) is 8.15. The van der Waals surface area contributed by atoms with E-state index in [1.54, 1.807) is 4.90 Å². The smallest absolute Gasteiger partial charge is 0.410 e. The van der Waals surface area contributed by atoms with Gasteiger partial charge in [-0.25, -0.2) is 4.79 Å². The van der Waals surface area contributed by atoms with Crippen LogP contribution in [0.1, 0.15) is 39.2 Å². The lowest BCUT2D eigenvalue weighted by molar-refractivity contribution is 0.00779. The van der Waals surface area contributed by atoms with Crippen LogP contribution in [0.25, 0.3) is 0 Å². The lowest BCUT2D eigenvalue weighted by atomic mass is 10.1. The van der Waals surface area contributed by atoms with Gasteiger partial charge in [-0.15, -0.1) is 0 Å². The Morgan fingerprint density at radius 2 is 2.00 bits per heavy atom. The second-order valence-electron chi connectivity index (χ2n) is 7.02. The van der Waals surface area contributed by atoms with Crippen molar-refractivity contribution in [3.63, 3.8) is 0 Å². The van der Waals surface area contributed by atoms with Gasteiger partial charge < -0.3 is 19.5 Å². The first kappa shape index (κ1) is 17.8. The van der Waals surface area contributed by atoms with E-state index in [4.69, 9.17) is 9.47 Å². The van der Waals surface area contributed by atoms with Gasteiger partial charge in [-0.05, 0) is 32.8 Å². The second-order valence-corrected chi connectivity index (χ2v) is 7.02. The molecule has 0 aliphatic carbocycles. The summed E-state index contributed by atoms with van der Waals surface area (Å²) in [6, 6.07) is 9.95. The van der Waals surface area contributed by atoms with Gasteiger partial charge >= 0.3 is 6.09 Å². The molecule has 1 aliphatic heterocycles. The van der Waals surface area contributed by atoms with E-state index in [0.29, 0.717) is 32.5 Å². The average Bonchev–Trinajstić information content (AvgIpc) is 2.66. The Morgan fingerprint density at radius 1 is 1.30 bits per heavy atom. The van der Waals surface area contributed by atoms with Crippen LogP contribution in [0, 0.1) is 0 Å². The van der Waals surface area contributed by atoms with E-state index in [-0.39, 0.29) is 12.2 Å². The Balaban J connectivity index is 1.86. The SMILES string of the molecule is CC(C)(C)OC(=O)N1CC[C@@H](OCc2ccccc2)C[C@@H](O)C1. The predicted octanol–water partition coefficient (Wildman–Crippen LogP) is 2.96. The van der Waals surface area contributed by atoms with Gasteiger partial charge in [-0.3, -0.25) is 0 Å². The molecule has 1 heterocycles. The number of likely N-dealkylation sites (tertiary alicyclic amines) is 1. The fraction of sp³-hybridized carbons (Fsp3) is 0.611. The van der Waals surface area contributed by atoms with E-state index in [1.807, 2.05) is 51.1 Å². The van der Waals surface area contributed by atoms with Crippen molar-refractivity contribution in [3.05, 3.63) is 35.9 Å². The van der Waals surface area contributed by atoms with E-state index < -0.39 is 11.7 Å². The first-order chi connectivity index (χ1) is 10.8. The van der Waals surface area contributed by atoms with Crippen molar-refractivity contribution in [3.8, 4) is 0 Å². The molecular formula is C18H27NO4. The Bertz CT molecular complexity index is 497. The molecular weight excluding hydrogens is 294 g/mol. The number of nitrogens with zero attached hydrogens (tertiary/aromatic N) is 1. The van der Waals surface area contributed by atoms with Crippen LogP contribution in [-0.4, -0.2) is 47.0 Å². The van der Waals surface area contributed by atoms with Gasteiger partial charge in [0, 0.05) is 13.0 Å². The fourth-order valence-electron chi connectivity index (χ4n) is 2.57. The number of carbonyl (C=O) groups excluding carboxylic acids is 1. The Kier molecular flexibility index (Phi) is 6.02. The maximum atomic E-state index is 12.1. The van der Waals surface area contributed by atoms with Gasteiger partial charge in [0.25, 0.3) is 0 Å². The summed E-state index contributed by atoms with van der Waals surface area (Å²) in [6.07, 6.45) is 0.207. The number of amides is 1. The molecule has 0 bridgehead atoms. The zero-order chi connectivity index (χ0) is 16.9. The van der Waals surface area contributed by atoms with Crippen LogP contribution in [0.4, 0.5) is 4.79 Å². The van der Waals surface area contributed by atoms with Gasteiger partial charge in [-0.2, -0.15) is 0 Å². The summed E-state index contributed by atoms with van der Waals surface area (Å²) in [4.78, 5) is 13.7. The lowest BCUT2D eigenvalue weighted by Crippen LogP contribution is -2.40. The third kappa shape index (κ3) is 6.20. The van der Waals surface area contributed by atoms with Gasteiger partial charge in [0.1, 0.15) is 5.60 Å². The van der Waals surface area contributed by atoms with E-state index in [0.717, 1.165) is 5.56 Å². The standard InChI is InChI=1S/C18H27NO4/c1-18(2,3)23-17(21)19-10-9-16(11-15(20)12-19)22-13-14-7-5-4-6-8-14/h4-8,15-16,20H,9-13H2,1-3H3/t15-,16-/m1/s1. The van der Waals surface area contributed by atoms with Crippen LogP contribution in [0.5, 0.6) is 0 Å². The molecule has 5 heteroatoms. The van der Waals surface area contributed by atoms with Crippen LogP contribution in [0.2, 0.25) is 0 Å². The van der Waals surface area contributed by atoms with Gasteiger partial charge in [0.05, 0.1) is 25.4 Å². The maximum absolute atomic E-state index is 12.1. The number of ether oxygens (including phenoxy) is 2. The normalized spacial score (nSPS) is 22.5. The molecule has 1 amide bonds. The third-order valence-corrected chi connectivity index (χ3v) is 3.67. The van der Waals surface area contributed by atoms with E-state index in [1.165, 1.54) is 0 Å². The predicted molar refractivity (Wildman–Crippen MR) is 88.1 cm³/mol. The van der Waals surface area contributed by atoms with Crippen LogP contribution in [-0.2, 0) is 16.1 Å². The van der Waals surface area contributed by atoms with Crippen molar-refractivity contribution >= 4 is 6.09 Å². The number of carbonyl (C=O) groups is 1. The fourth-order valence-corrected chi connectivity index (χ4v) is 2.57. The topological polar surface area (TPSA) is 59.0 Å². The summed E-state index contributed by atoms with van der Waals surface area (Å²) in [5.41, 5.74) is 0.576. The molecule has 2 atom stereocenters. The number of hydrogen-bond donors (Lipinski definition) is 1. The highest BCUT2D eigenvalue weighted by molar-refractivity contribution is 5.68. The quantitative estimate of drug-likeness (QED) is 0.930. The number of aliphatic hydroxyl groups is 1. The molecule has 0 unspecified atom stereocenters. The molecule has 1 fully saturated rings. The summed E-state index contributed by atoms with van der Waals surface area (Å²) < 4.78 is 11.3. The summed E-state index contributed by atoms with van der Waals surface area (Å²) in [7, 11) is 0. The number of aliphatic hydroxyl groups excluding tert-OH is 1. The highest BCUT2D eigenvalue weighted by Gasteiger charge is 2.29. The average molecular weight is 321 g/mol. The molecule has 1 saturated heterocycles. The van der Waals surface area contributed by atoms with Gasteiger partial charge in [-0.1, -0.05) is 30.3 Å². The lowest BCUT2D eigenvalue weighted by Gasteiger charge is -2.27. The van der Waals surface area contributed by atoms with Gasteiger partial charge in [0.2, 0.25) is 0 Å². The maximum Gasteiger partial charge on any atom is 0.410 e. The first-order valence-corrected chi connectivity index (χ1v) is 8.15. The third-order valence-electron chi connectivity index (χ3n) is 3.67. The molecule has 23 heavy (non-hydrogen) atoms. The molecule has 2 rings (SSSR count). The number of hydrogen-bond acceptors (Lipinski definition) is 4. The Hall–Kier alpha value is -1.59. The van der Waals surface area contributed by atoms with Crippen LogP contribution in [0.15, 0.2) is 30.3 Å². The summed E-state index contributed by atoms with van der Waals surface area (Å²) >= 11 is 0. The molecule has 1 N–H and O–H groups in total. The minimum Gasteiger partial charge on any atom is -0.444 e. The summed E-state index contributed by atoms with van der Waals surface area (Å²) in [6.45, 7) is 6.86. The highest BCUT2D eigenvalue weighted by atomic mass is 16.6. The zero-order valence-electron chi connectivity index (χ0n) is 14.2. The van der Waals surface area contributed by atoms with Crippen LogP contribution in [0.3, 0.4) is 0 Å². The van der Waals surface area contributed by atoms with E-state index >= 15 is 0 Å². The Labute approximate surface area is 138 Å². The summed E-state index contributed by atoms with van der Waals surface area (Å²) in [5.74, 6) is 0. The molecule has 0 saturated carbocycles. The molecule has 128 valence electrons. The molecule has 0 spiro atoms. The highest BCUT2D eigenvalue weighted by Crippen LogP contribution is 2.19. The minimum absolute atomic E-state index is 0.0577. The number of benzene rings is 1. The monoisotopic (exact) mass is 321 g/mol. The summed E-state index contributed by atoms with van der Waals surface area (Å²) in [5, 5.41) is 10.1. The zero-order valence-corrected chi connectivity index (χ0v) is 14.2. The van der Waals surface area contributed by atoms with Crippen LogP contribution >= 0.6 is 0 Å². The van der Waals surface area contributed by atoms with Crippen LogP contribution < -0.4 is 0 Å². The van der Waals surface area contributed by atoms with Crippen molar-refractivity contribution in [2.24, 2.45) is 0 Å². The van der Waals surface area contributed by atoms with Crippen molar-refractivity contribution in [1.82, 2.24) is 4.90 Å². The van der Waals surface area contributed by atoms with E-state index in [9.17, 15) is 9.90 Å². The largest absolute Gasteiger partial charge is 0.444 e. The number of rotatable bonds is 3. The molecule has 1 aromatic rings. The number of β-amino-alcohol motifs (C(OH)–C–C–N with tert-alkyl or cyclic N) is 1. The van der Waals surface area contributed by atoms with Crippen molar-refractivity contribution in [2.75, 3.05) is 13.1 Å². The molecule has 1 aliphatic rings. The molecule has 0 radical (unpaired) electrons. The molecule has 5 nitrogen and oxygen atoms in total. The minimum atomic E-state index is -0.592. The van der Waals surface area contributed by atoms with Crippen molar-refractivity contribution < 1.29 is 19.4 Å². The van der Waals surface area contributed by atoms with E-state index in [2.05, 4.69) is 0 Å².